The van der Waals surface area contributed by atoms with Crippen molar-refractivity contribution in [1.29, 1.82) is 0 Å². The van der Waals surface area contributed by atoms with E-state index in [-0.39, 0.29) is 5.91 Å². The van der Waals surface area contributed by atoms with Gasteiger partial charge in [0.2, 0.25) is 0 Å². The van der Waals surface area contributed by atoms with Gasteiger partial charge in [0, 0.05) is 36.8 Å². The second-order valence-corrected chi connectivity index (χ2v) is 7.20. The second-order valence-electron chi connectivity index (χ2n) is 6.29. The zero-order chi connectivity index (χ0) is 16.6. The number of hydrogen-bond donors (Lipinski definition) is 0. The molecule has 0 aromatic carbocycles. The van der Waals surface area contributed by atoms with Crippen LogP contribution in [0, 0.1) is 6.92 Å². The number of fused-ring (bicyclic) bond motifs is 1. The molecule has 2 aromatic rings. The molecule has 0 spiro atoms. The normalized spacial score (nSPS) is 16.3. The number of amides is 1. The van der Waals surface area contributed by atoms with Crippen molar-refractivity contribution in [2.24, 2.45) is 0 Å². The van der Waals surface area contributed by atoms with Crippen molar-refractivity contribution in [1.82, 2.24) is 19.2 Å². The minimum absolute atomic E-state index is 0.103. The number of carbonyl (C=O) groups is 1. The lowest BCUT2D eigenvalue weighted by Crippen LogP contribution is -2.47. The smallest absolute Gasteiger partial charge is 0.272 e. The molecule has 0 radical (unpaired) electrons. The summed E-state index contributed by atoms with van der Waals surface area (Å²) in [5.74, 6) is 0.103. The Balaban J connectivity index is 2.07. The summed E-state index contributed by atoms with van der Waals surface area (Å²) in [6.45, 7) is 7.56. The first-order valence-corrected chi connectivity index (χ1v) is 8.95. The first-order chi connectivity index (χ1) is 11.0. The molecule has 124 valence electrons. The van der Waals surface area contributed by atoms with Gasteiger partial charge in [0.1, 0.15) is 11.3 Å². The molecule has 2 aromatic heterocycles. The molecule has 1 aliphatic heterocycles. The standard InChI is InChI=1S/C17H23BrN4O/c1-4-5-14-15(17(23)21-8-6-20(3)7-9-21)22-11-13(18)10-12(2)16(22)19-14/h10-11H,4-9H2,1-3H3. The Bertz CT molecular complexity index is 732. The summed E-state index contributed by atoms with van der Waals surface area (Å²) in [7, 11) is 2.10. The monoisotopic (exact) mass is 378 g/mol. The summed E-state index contributed by atoms with van der Waals surface area (Å²) in [5, 5.41) is 0. The number of aryl methyl sites for hydroxylation is 2. The van der Waals surface area contributed by atoms with E-state index in [0.29, 0.717) is 0 Å². The van der Waals surface area contributed by atoms with Crippen molar-refractivity contribution >= 4 is 27.5 Å². The molecule has 5 nitrogen and oxygen atoms in total. The van der Waals surface area contributed by atoms with Crippen molar-refractivity contribution in [3.63, 3.8) is 0 Å². The molecule has 6 heteroatoms. The van der Waals surface area contributed by atoms with Gasteiger partial charge in [0.15, 0.2) is 0 Å². The topological polar surface area (TPSA) is 40.9 Å². The predicted octanol–water partition coefficient (Wildman–Crippen LogP) is 2.75. The molecule has 0 bridgehead atoms. The maximum atomic E-state index is 13.1. The Morgan fingerprint density at radius 1 is 1.30 bits per heavy atom. The molecule has 0 aliphatic carbocycles. The van der Waals surface area contributed by atoms with Crippen LogP contribution >= 0.6 is 15.9 Å². The van der Waals surface area contributed by atoms with Gasteiger partial charge in [-0.2, -0.15) is 0 Å². The third-order valence-corrected chi connectivity index (χ3v) is 4.86. The number of likely N-dealkylation sites (N-methyl/N-ethyl adjacent to an activating group) is 1. The minimum atomic E-state index is 0.103. The molecule has 1 amide bonds. The quantitative estimate of drug-likeness (QED) is 0.824. The van der Waals surface area contributed by atoms with Crippen molar-refractivity contribution in [3.8, 4) is 0 Å². The van der Waals surface area contributed by atoms with E-state index >= 15 is 0 Å². The zero-order valence-corrected chi connectivity index (χ0v) is 15.6. The minimum Gasteiger partial charge on any atom is -0.335 e. The van der Waals surface area contributed by atoms with Gasteiger partial charge in [-0.05, 0) is 48.0 Å². The highest BCUT2D eigenvalue weighted by Crippen LogP contribution is 2.23. The molecular weight excluding hydrogens is 356 g/mol. The lowest BCUT2D eigenvalue weighted by molar-refractivity contribution is 0.0656. The molecule has 0 atom stereocenters. The van der Waals surface area contributed by atoms with Crippen LogP contribution in [0.25, 0.3) is 5.65 Å². The van der Waals surface area contributed by atoms with Crippen molar-refractivity contribution < 1.29 is 4.79 Å². The van der Waals surface area contributed by atoms with E-state index < -0.39 is 0 Å². The van der Waals surface area contributed by atoms with Gasteiger partial charge < -0.3 is 9.80 Å². The van der Waals surface area contributed by atoms with Crippen molar-refractivity contribution in [2.75, 3.05) is 33.2 Å². The van der Waals surface area contributed by atoms with Crippen LogP contribution in [0.4, 0.5) is 0 Å². The first-order valence-electron chi connectivity index (χ1n) is 8.16. The number of carbonyl (C=O) groups excluding carboxylic acids is 1. The number of halogens is 1. The number of piperazine rings is 1. The van der Waals surface area contributed by atoms with Crippen LogP contribution < -0.4 is 0 Å². The highest BCUT2D eigenvalue weighted by atomic mass is 79.9. The van der Waals surface area contributed by atoms with Crippen LogP contribution in [0.5, 0.6) is 0 Å². The Labute approximate surface area is 145 Å². The number of hydrogen-bond acceptors (Lipinski definition) is 3. The number of pyridine rings is 1. The Kier molecular flexibility index (Phi) is 4.73. The third-order valence-electron chi connectivity index (χ3n) is 4.42. The van der Waals surface area contributed by atoms with Gasteiger partial charge in [-0.25, -0.2) is 4.98 Å². The SMILES string of the molecule is CCCc1nc2c(C)cc(Br)cn2c1C(=O)N1CCN(C)CC1. The maximum Gasteiger partial charge on any atom is 0.272 e. The highest BCUT2D eigenvalue weighted by Gasteiger charge is 2.26. The fourth-order valence-corrected chi connectivity index (χ4v) is 3.66. The van der Waals surface area contributed by atoms with Gasteiger partial charge in [0.25, 0.3) is 5.91 Å². The summed E-state index contributed by atoms with van der Waals surface area (Å²) in [6, 6.07) is 2.04. The van der Waals surface area contributed by atoms with E-state index in [2.05, 4.69) is 34.8 Å². The van der Waals surface area contributed by atoms with E-state index in [1.807, 2.05) is 28.5 Å². The molecule has 1 aliphatic rings. The lowest BCUT2D eigenvalue weighted by atomic mass is 10.2. The van der Waals surface area contributed by atoms with Crippen LogP contribution in [0.1, 0.15) is 35.1 Å². The number of rotatable bonds is 3. The highest BCUT2D eigenvalue weighted by molar-refractivity contribution is 9.10. The molecule has 1 fully saturated rings. The van der Waals surface area contributed by atoms with Crippen molar-refractivity contribution in [2.45, 2.75) is 26.7 Å². The summed E-state index contributed by atoms with van der Waals surface area (Å²) >= 11 is 3.54. The molecule has 0 saturated carbocycles. The molecule has 3 heterocycles. The molecule has 3 rings (SSSR count). The van der Waals surface area contributed by atoms with Gasteiger partial charge in [-0.15, -0.1) is 0 Å². The van der Waals surface area contributed by atoms with Crippen LogP contribution in [0.15, 0.2) is 16.7 Å². The third kappa shape index (κ3) is 3.15. The first kappa shape index (κ1) is 16.5. The van der Waals surface area contributed by atoms with Gasteiger partial charge in [0.05, 0.1) is 5.69 Å². The summed E-state index contributed by atoms with van der Waals surface area (Å²) in [6.07, 6.45) is 3.76. The van der Waals surface area contributed by atoms with Crippen LogP contribution in [0.2, 0.25) is 0 Å². The Morgan fingerprint density at radius 2 is 2.00 bits per heavy atom. The average Bonchev–Trinajstić information content (AvgIpc) is 2.86. The Morgan fingerprint density at radius 3 is 2.65 bits per heavy atom. The van der Waals surface area contributed by atoms with E-state index in [9.17, 15) is 4.79 Å². The number of nitrogens with zero attached hydrogens (tertiary/aromatic N) is 4. The van der Waals surface area contributed by atoms with E-state index in [1.54, 1.807) is 0 Å². The maximum absolute atomic E-state index is 13.1. The van der Waals surface area contributed by atoms with E-state index in [4.69, 9.17) is 4.98 Å². The Hall–Kier alpha value is -1.40. The van der Waals surface area contributed by atoms with E-state index in [1.165, 1.54) is 0 Å². The van der Waals surface area contributed by atoms with E-state index in [0.717, 1.165) is 66.1 Å². The second kappa shape index (κ2) is 6.61. The molecule has 0 N–H and O–H groups in total. The predicted molar refractivity (Wildman–Crippen MR) is 95.0 cm³/mol. The molecule has 23 heavy (non-hydrogen) atoms. The number of aromatic nitrogens is 2. The van der Waals surface area contributed by atoms with Gasteiger partial charge >= 0.3 is 0 Å². The molecule has 0 unspecified atom stereocenters. The lowest BCUT2D eigenvalue weighted by Gasteiger charge is -2.32. The van der Waals surface area contributed by atoms with Crippen LogP contribution in [-0.2, 0) is 6.42 Å². The molecular formula is C17H23BrN4O. The van der Waals surface area contributed by atoms with Crippen LogP contribution in [-0.4, -0.2) is 58.3 Å². The largest absolute Gasteiger partial charge is 0.335 e. The van der Waals surface area contributed by atoms with Gasteiger partial charge in [-0.3, -0.25) is 9.20 Å². The summed E-state index contributed by atoms with van der Waals surface area (Å²) in [4.78, 5) is 22.1. The summed E-state index contributed by atoms with van der Waals surface area (Å²) < 4.78 is 2.93. The van der Waals surface area contributed by atoms with Crippen molar-refractivity contribution in [3.05, 3.63) is 33.7 Å². The molecule has 1 saturated heterocycles. The summed E-state index contributed by atoms with van der Waals surface area (Å²) in [5.41, 5.74) is 3.61. The fourth-order valence-electron chi connectivity index (χ4n) is 3.11. The number of imidazole rings is 1. The zero-order valence-electron chi connectivity index (χ0n) is 14.0. The average molecular weight is 379 g/mol. The van der Waals surface area contributed by atoms with Crippen LogP contribution in [0.3, 0.4) is 0 Å². The fraction of sp³-hybridized carbons (Fsp3) is 0.529. The van der Waals surface area contributed by atoms with Gasteiger partial charge in [-0.1, -0.05) is 13.3 Å².